The molecule has 2 heterocycles. The fourth-order valence-electron chi connectivity index (χ4n) is 2.99. The van der Waals surface area contributed by atoms with Crippen LogP contribution in [0, 0.1) is 6.92 Å². The lowest BCUT2D eigenvalue weighted by molar-refractivity contribution is 0.531. The predicted molar refractivity (Wildman–Crippen MR) is 86.7 cm³/mol. The van der Waals surface area contributed by atoms with Gasteiger partial charge in [-0.2, -0.15) is 0 Å². The quantitative estimate of drug-likeness (QED) is 0.743. The second-order valence-electron chi connectivity index (χ2n) is 5.04. The Balaban J connectivity index is 2.06. The minimum Gasteiger partial charge on any atom is -0.350 e. The molecule has 4 N–H and O–H groups in total. The van der Waals surface area contributed by atoms with Crippen LogP contribution in [0.2, 0.25) is 0 Å². The monoisotopic (exact) mass is 388 g/mol. The van der Waals surface area contributed by atoms with Gasteiger partial charge in [0.25, 0.3) is 0 Å². The third kappa shape index (κ3) is 2.09. The van der Waals surface area contributed by atoms with Crippen molar-refractivity contribution in [3.63, 3.8) is 0 Å². The van der Waals surface area contributed by atoms with Crippen molar-refractivity contribution in [1.29, 1.82) is 0 Å². The standard InChI is InChI=1S/C13H18Br2N4/c1-7-8-3-2-6-19-12(8)11(10(15)9(7)14)18-13(19)17-5-4-16/h13,17-18H,2-6,16H2,1H3. The van der Waals surface area contributed by atoms with Crippen LogP contribution in [0.1, 0.15) is 17.5 Å². The summed E-state index contributed by atoms with van der Waals surface area (Å²) in [5, 5.41) is 7.03. The second-order valence-corrected chi connectivity index (χ2v) is 6.63. The number of hydrogen-bond acceptors (Lipinski definition) is 4. The summed E-state index contributed by atoms with van der Waals surface area (Å²) in [4.78, 5) is 2.42. The minimum atomic E-state index is 0.155. The van der Waals surface area contributed by atoms with Crippen LogP contribution in [-0.4, -0.2) is 25.9 Å². The van der Waals surface area contributed by atoms with E-state index in [1.807, 2.05) is 0 Å². The van der Waals surface area contributed by atoms with Crippen molar-refractivity contribution in [2.24, 2.45) is 5.73 Å². The van der Waals surface area contributed by atoms with Gasteiger partial charge in [0.2, 0.25) is 0 Å². The lowest BCUT2D eigenvalue weighted by Crippen LogP contribution is -2.50. The van der Waals surface area contributed by atoms with Crippen molar-refractivity contribution >= 4 is 43.2 Å². The summed E-state index contributed by atoms with van der Waals surface area (Å²) in [5.74, 6) is 0. The van der Waals surface area contributed by atoms with E-state index in [1.54, 1.807) is 0 Å². The molecule has 0 saturated carbocycles. The molecule has 2 aliphatic heterocycles. The molecule has 0 amide bonds. The van der Waals surface area contributed by atoms with Gasteiger partial charge in [0, 0.05) is 24.1 Å². The molecule has 1 aromatic carbocycles. The van der Waals surface area contributed by atoms with Crippen molar-refractivity contribution in [2.75, 3.05) is 29.9 Å². The molecular formula is C13H18Br2N4. The van der Waals surface area contributed by atoms with Crippen LogP contribution in [0.15, 0.2) is 8.95 Å². The molecule has 3 rings (SSSR count). The molecule has 1 atom stereocenters. The molecule has 2 aliphatic rings. The van der Waals surface area contributed by atoms with Crippen LogP contribution in [0.4, 0.5) is 11.4 Å². The number of benzene rings is 1. The summed E-state index contributed by atoms with van der Waals surface area (Å²) < 4.78 is 2.28. The molecule has 0 aliphatic carbocycles. The van der Waals surface area contributed by atoms with E-state index in [4.69, 9.17) is 5.73 Å². The highest BCUT2D eigenvalue weighted by molar-refractivity contribution is 9.13. The maximum atomic E-state index is 5.60. The van der Waals surface area contributed by atoms with Crippen molar-refractivity contribution in [1.82, 2.24) is 5.32 Å². The zero-order valence-electron chi connectivity index (χ0n) is 10.9. The Bertz CT molecular complexity index is 518. The van der Waals surface area contributed by atoms with E-state index in [-0.39, 0.29) is 6.29 Å². The SMILES string of the molecule is Cc1c(Br)c(Br)c2c3c1CCCN3C(NCCN)N2. The molecule has 6 heteroatoms. The first-order chi connectivity index (χ1) is 9.15. The van der Waals surface area contributed by atoms with E-state index in [1.165, 1.54) is 28.9 Å². The van der Waals surface area contributed by atoms with Crippen LogP contribution in [-0.2, 0) is 6.42 Å². The minimum absolute atomic E-state index is 0.155. The van der Waals surface area contributed by atoms with E-state index >= 15 is 0 Å². The number of nitrogens with zero attached hydrogens (tertiary/aromatic N) is 1. The summed E-state index contributed by atoms with van der Waals surface area (Å²) in [6.07, 6.45) is 2.51. The molecular weight excluding hydrogens is 372 g/mol. The van der Waals surface area contributed by atoms with Crippen molar-refractivity contribution in [2.45, 2.75) is 26.1 Å². The fraction of sp³-hybridized carbons (Fsp3) is 0.538. The van der Waals surface area contributed by atoms with Gasteiger partial charge in [0.15, 0.2) is 6.29 Å². The van der Waals surface area contributed by atoms with Gasteiger partial charge in [0.1, 0.15) is 0 Å². The second kappa shape index (κ2) is 5.24. The number of halogens is 2. The molecule has 0 aromatic heterocycles. The van der Waals surface area contributed by atoms with E-state index in [0.29, 0.717) is 6.54 Å². The third-order valence-corrected chi connectivity index (χ3v) is 6.22. The highest BCUT2D eigenvalue weighted by Gasteiger charge is 2.36. The number of nitrogens with two attached hydrogens (primary N) is 1. The topological polar surface area (TPSA) is 53.3 Å². The predicted octanol–water partition coefficient (Wildman–Crippen LogP) is 2.53. The Morgan fingerprint density at radius 3 is 2.95 bits per heavy atom. The Labute approximate surface area is 130 Å². The Morgan fingerprint density at radius 1 is 1.42 bits per heavy atom. The smallest absolute Gasteiger partial charge is 0.155 e. The van der Waals surface area contributed by atoms with Gasteiger partial charge in [-0.3, -0.25) is 5.32 Å². The van der Waals surface area contributed by atoms with Gasteiger partial charge in [-0.15, -0.1) is 0 Å². The van der Waals surface area contributed by atoms with E-state index < -0.39 is 0 Å². The van der Waals surface area contributed by atoms with E-state index in [9.17, 15) is 0 Å². The number of anilines is 2. The summed E-state index contributed by atoms with van der Waals surface area (Å²) in [6.45, 7) is 4.74. The molecule has 0 bridgehead atoms. The summed E-state index contributed by atoms with van der Waals surface area (Å²) in [6, 6.07) is 0. The zero-order chi connectivity index (χ0) is 13.6. The summed E-state index contributed by atoms with van der Waals surface area (Å²) in [5.41, 5.74) is 10.9. The lowest BCUT2D eigenvalue weighted by Gasteiger charge is -2.32. The van der Waals surface area contributed by atoms with Gasteiger partial charge < -0.3 is 16.0 Å². The van der Waals surface area contributed by atoms with Crippen LogP contribution in [0.5, 0.6) is 0 Å². The number of rotatable bonds is 3. The molecule has 0 fully saturated rings. The first-order valence-corrected chi connectivity index (χ1v) is 8.20. The van der Waals surface area contributed by atoms with Gasteiger partial charge >= 0.3 is 0 Å². The highest BCUT2D eigenvalue weighted by Crippen LogP contribution is 2.49. The molecule has 19 heavy (non-hydrogen) atoms. The van der Waals surface area contributed by atoms with Gasteiger partial charge in [-0.05, 0) is 62.8 Å². The molecule has 1 aromatic rings. The normalized spacial score (nSPS) is 20.4. The first kappa shape index (κ1) is 13.7. The van der Waals surface area contributed by atoms with Crippen LogP contribution >= 0.6 is 31.9 Å². The Hall–Kier alpha value is -0.300. The van der Waals surface area contributed by atoms with Crippen LogP contribution in [0.25, 0.3) is 0 Å². The van der Waals surface area contributed by atoms with Crippen LogP contribution in [0.3, 0.4) is 0 Å². The zero-order valence-corrected chi connectivity index (χ0v) is 14.1. The van der Waals surface area contributed by atoms with Gasteiger partial charge in [-0.25, -0.2) is 0 Å². The van der Waals surface area contributed by atoms with Gasteiger partial charge in [-0.1, -0.05) is 0 Å². The largest absolute Gasteiger partial charge is 0.350 e. The van der Waals surface area contributed by atoms with Crippen molar-refractivity contribution < 1.29 is 0 Å². The average Bonchev–Trinajstić information content (AvgIpc) is 2.80. The van der Waals surface area contributed by atoms with E-state index in [2.05, 4.69) is 54.3 Å². The van der Waals surface area contributed by atoms with E-state index in [0.717, 1.165) is 28.5 Å². The highest BCUT2D eigenvalue weighted by atomic mass is 79.9. The Morgan fingerprint density at radius 2 is 2.21 bits per heavy atom. The number of hydrogen-bond donors (Lipinski definition) is 3. The summed E-state index contributed by atoms with van der Waals surface area (Å²) in [7, 11) is 0. The first-order valence-electron chi connectivity index (χ1n) is 6.62. The maximum Gasteiger partial charge on any atom is 0.155 e. The lowest BCUT2D eigenvalue weighted by atomic mass is 9.97. The van der Waals surface area contributed by atoms with Crippen molar-refractivity contribution in [3.8, 4) is 0 Å². The van der Waals surface area contributed by atoms with Gasteiger partial charge in [0.05, 0.1) is 15.8 Å². The summed E-state index contributed by atoms with van der Waals surface area (Å²) >= 11 is 7.40. The Kier molecular flexibility index (Phi) is 3.77. The molecule has 0 spiro atoms. The number of nitrogens with one attached hydrogen (secondary N) is 2. The average molecular weight is 390 g/mol. The molecule has 104 valence electrons. The molecule has 0 radical (unpaired) electrons. The molecule has 4 nitrogen and oxygen atoms in total. The maximum absolute atomic E-state index is 5.60. The fourth-order valence-corrected chi connectivity index (χ4v) is 4.02. The third-order valence-electron chi connectivity index (χ3n) is 3.90. The molecule has 1 unspecified atom stereocenters. The van der Waals surface area contributed by atoms with Crippen LogP contribution < -0.4 is 21.3 Å². The molecule has 0 saturated heterocycles. The van der Waals surface area contributed by atoms with Crippen molar-refractivity contribution in [3.05, 3.63) is 20.1 Å².